The van der Waals surface area contributed by atoms with E-state index in [1.807, 2.05) is 13.8 Å². The van der Waals surface area contributed by atoms with Gasteiger partial charge in [-0.05, 0) is 20.3 Å². The molecule has 62 valence electrons. The van der Waals surface area contributed by atoms with Crippen molar-refractivity contribution in [3.63, 3.8) is 0 Å². The highest BCUT2D eigenvalue weighted by atomic mass is 16.5. The standard InChI is InChI=1S/C8H13NO2/c1-8(2)6(7(9)10)4-3-5-11-8/h6H,3,5H2,1-2H3,(H2,9,10). The van der Waals surface area contributed by atoms with Crippen LogP contribution in [0.15, 0.2) is 0 Å². The highest BCUT2D eigenvalue weighted by Crippen LogP contribution is 2.29. The van der Waals surface area contributed by atoms with Crippen LogP contribution >= 0.6 is 0 Å². The van der Waals surface area contributed by atoms with Gasteiger partial charge in [0.1, 0.15) is 0 Å². The van der Waals surface area contributed by atoms with Crippen molar-refractivity contribution in [2.75, 3.05) is 6.61 Å². The van der Waals surface area contributed by atoms with E-state index >= 15 is 0 Å². The van der Waals surface area contributed by atoms with Crippen LogP contribution in [0.3, 0.4) is 0 Å². The SMILES string of the molecule is CC1(C)OCC[C]C1C(N)=O. The average molecular weight is 155 g/mol. The fourth-order valence-corrected chi connectivity index (χ4v) is 1.29. The molecule has 0 spiro atoms. The van der Waals surface area contributed by atoms with E-state index in [2.05, 4.69) is 6.42 Å². The van der Waals surface area contributed by atoms with E-state index in [9.17, 15) is 4.79 Å². The zero-order valence-electron chi connectivity index (χ0n) is 6.89. The Bertz CT molecular complexity index is 165. The summed E-state index contributed by atoms with van der Waals surface area (Å²) in [5.41, 5.74) is 4.69. The second-order valence-corrected chi connectivity index (χ2v) is 3.24. The van der Waals surface area contributed by atoms with Gasteiger partial charge in [-0.1, -0.05) is 0 Å². The smallest absolute Gasteiger partial charge is 0.224 e. The molecule has 0 aromatic rings. The zero-order chi connectivity index (χ0) is 8.48. The molecule has 0 aromatic carbocycles. The number of ether oxygens (including phenoxy) is 1. The third kappa shape index (κ3) is 1.71. The molecule has 3 nitrogen and oxygen atoms in total. The van der Waals surface area contributed by atoms with Crippen molar-refractivity contribution < 1.29 is 9.53 Å². The Labute approximate surface area is 66.9 Å². The molecule has 1 aliphatic rings. The first-order valence-electron chi connectivity index (χ1n) is 3.71. The lowest BCUT2D eigenvalue weighted by molar-refractivity contribution is -0.135. The minimum absolute atomic E-state index is 0.352. The maximum atomic E-state index is 10.8. The molecule has 1 saturated heterocycles. The van der Waals surface area contributed by atoms with E-state index in [1.54, 1.807) is 0 Å². The summed E-state index contributed by atoms with van der Waals surface area (Å²) < 4.78 is 5.38. The van der Waals surface area contributed by atoms with Crippen molar-refractivity contribution in [2.45, 2.75) is 25.9 Å². The van der Waals surface area contributed by atoms with E-state index in [0.717, 1.165) is 0 Å². The molecule has 2 radical (unpaired) electrons. The monoisotopic (exact) mass is 155 g/mol. The molecular weight excluding hydrogens is 142 g/mol. The summed E-state index contributed by atoms with van der Waals surface area (Å²) >= 11 is 0. The summed E-state index contributed by atoms with van der Waals surface area (Å²) in [6, 6.07) is 0. The first-order valence-corrected chi connectivity index (χ1v) is 3.71. The lowest BCUT2D eigenvalue weighted by Crippen LogP contribution is -2.46. The molecule has 3 heteroatoms. The van der Waals surface area contributed by atoms with Gasteiger partial charge in [-0.2, -0.15) is 0 Å². The first-order chi connectivity index (χ1) is 5.04. The Morgan fingerprint density at radius 3 is 2.73 bits per heavy atom. The van der Waals surface area contributed by atoms with Crippen molar-refractivity contribution in [1.82, 2.24) is 0 Å². The number of hydrogen-bond donors (Lipinski definition) is 1. The van der Waals surface area contributed by atoms with Gasteiger partial charge in [0.15, 0.2) is 0 Å². The average Bonchev–Trinajstić information content (AvgIpc) is 1.85. The minimum atomic E-state index is -0.468. The van der Waals surface area contributed by atoms with Crippen LogP contribution in [-0.4, -0.2) is 18.1 Å². The van der Waals surface area contributed by atoms with Crippen LogP contribution in [0.1, 0.15) is 20.3 Å². The number of carbonyl (C=O) groups is 1. The second kappa shape index (κ2) is 2.81. The van der Waals surface area contributed by atoms with Crippen LogP contribution in [-0.2, 0) is 9.53 Å². The molecule has 1 aliphatic heterocycles. The van der Waals surface area contributed by atoms with Crippen molar-refractivity contribution in [2.24, 2.45) is 11.7 Å². The topological polar surface area (TPSA) is 52.3 Å². The molecule has 1 unspecified atom stereocenters. The molecule has 0 aromatic heterocycles. The van der Waals surface area contributed by atoms with Gasteiger partial charge in [0, 0.05) is 13.0 Å². The molecule has 1 atom stereocenters. The zero-order valence-corrected chi connectivity index (χ0v) is 6.89. The number of carbonyl (C=O) groups excluding carboxylic acids is 1. The van der Waals surface area contributed by atoms with Gasteiger partial charge in [0.2, 0.25) is 5.91 Å². The Hall–Kier alpha value is -0.570. The third-order valence-corrected chi connectivity index (χ3v) is 1.90. The molecule has 1 rings (SSSR count). The quantitative estimate of drug-likeness (QED) is 0.594. The number of hydrogen-bond acceptors (Lipinski definition) is 2. The maximum absolute atomic E-state index is 10.8. The largest absolute Gasteiger partial charge is 0.375 e. The lowest BCUT2D eigenvalue weighted by Gasteiger charge is -2.35. The number of rotatable bonds is 1. The van der Waals surface area contributed by atoms with Crippen LogP contribution in [0, 0.1) is 12.3 Å². The van der Waals surface area contributed by atoms with Crippen LogP contribution in [0.4, 0.5) is 0 Å². The summed E-state index contributed by atoms with van der Waals surface area (Å²) in [5.74, 6) is -0.717. The van der Waals surface area contributed by atoms with Crippen LogP contribution in [0.2, 0.25) is 0 Å². The second-order valence-electron chi connectivity index (χ2n) is 3.24. The number of primary amides is 1. The van der Waals surface area contributed by atoms with Crippen LogP contribution in [0.5, 0.6) is 0 Å². The van der Waals surface area contributed by atoms with Gasteiger partial charge in [-0.15, -0.1) is 0 Å². The molecule has 1 heterocycles. The fraction of sp³-hybridized carbons (Fsp3) is 0.750. The van der Waals surface area contributed by atoms with E-state index in [-0.39, 0.29) is 11.8 Å². The van der Waals surface area contributed by atoms with Crippen LogP contribution in [0.25, 0.3) is 0 Å². The third-order valence-electron chi connectivity index (χ3n) is 1.90. The molecule has 2 N–H and O–H groups in total. The fourth-order valence-electron chi connectivity index (χ4n) is 1.29. The van der Waals surface area contributed by atoms with Crippen molar-refractivity contribution in [3.8, 4) is 0 Å². The Morgan fingerprint density at radius 1 is 1.73 bits per heavy atom. The summed E-state index contributed by atoms with van der Waals surface area (Å²) in [6.45, 7) is 4.35. The minimum Gasteiger partial charge on any atom is -0.375 e. The lowest BCUT2D eigenvalue weighted by atomic mass is 9.84. The predicted molar refractivity (Wildman–Crippen MR) is 40.6 cm³/mol. The molecule has 11 heavy (non-hydrogen) atoms. The Morgan fingerprint density at radius 2 is 2.36 bits per heavy atom. The highest BCUT2D eigenvalue weighted by molar-refractivity contribution is 5.79. The highest BCUT2D eigenvalue weighted by Gasteiger charge is 2.37. The Kier molecular flexibility index (Phi) is 2.18. The van der Waals surface area contributed by atoms with E-state index in [1.165, 1.54) is 0 Å². The van der Waals surface area contributed by atoms with Crippen molar-refractivity contribution in [3.05, 3.63) is 6.42 Å². The molecule has 0 saturated carbocycles. The number of nitrogens with two attached hydrogens (primary N) is 1. The Balaban J connectivity index is 2.67. The van der Waals surface area contributed by atoms with E-state index in [0.29, 0.717) is 13.0 Å². The number of amides is 1. The first kappa shape index (κ1) is 8.53. The predicted octanol–water partition coefficient (Wildman–Crippen LogP) is 0.368. The van der Waals surface area contributed by atoms with Gasteiger partial charge in [-0.3, -0.25) is 4.79 Å². The summed E-state index contributed by atoms with van der Waals surface area (Å²) in [5, 5.41) is 0. The maximum Gasteiger partial charge on any atom is 0.224 e. The van der Waals surface area contributed by atoms with Crippen LogP contribution < -0.4 is 5.73 Å². The van der Waals surface area contributed by atoms with Crippen molar-refractivity contribution >= 4 is 5.91 Å². The van der Waals surface area contributed by atoms with Gasteiger partial charge < -0.3 is 10.5 Å². The summed E-state index contributed by atoms with van der Waals surface area (Å²) in [7, 11) is 0. The molecule has 1 fully saturated rings. The van der Waals surface area contributed by atoms with Crippen molar-refractivity contribution in [1.29, 1.82) is 0 Å². The molecule has 0 aliphatic carbocycles. The molecular formula is C8H13NO2. The van der Waals surface area contributed by atoms with Gasteiger partial charge in [-0.25, -0.2) is 0 Å². The van der Waals surface area contributed by atoms with Gasteiger partial charge >= 0.3 is 0 Å². The van der Waals surface area contributed by atoms with Gasteiger partial charge in [0.05, 0.1) is 11.5 Å². The molecule has 1 amide bonds. The molecule has 0 bridgehead atoms. The van der Waals surface area contributed by atoms with E-state index < -0.39 is 5.60 Å². The summed E-state index contributed by atoms with van der Waals surface area (Å²) in [6.07, 6.45) is 3.70. The normalized spacial score (nSPS) is 29.8. The van der Waals surface area contributed by atoms with E-state index in [4.69, 9.17) is 10.5 Å². The summed E-state index contributed by atoms with van der Waals surface area (Å²) in [4.78, 5) is 10.8. The van der Waals surface area contributed by atoms with Gasteiger partial charge in [0.25, 0.3) is 0 Å².